The molecular formula is C7H15F2O3P. The van der Waals surface area contributed by atoms with Crippen LogP contribution in [0.2, 0.25) is 0 Å². The van der Waals surface area contributed by atoms with Crippen molar-refractivity contribution in [2.75, 3.05) is 21.3 Å². The Morgan fingerprint density at radius 2 is 1.31 bits per heavy atom. The summed E-state index contributed by atoms with van der Waals surface area (Å²) in [5.41, 5.74) is -0.982. The summed E-state index contributed by atoms with van der Waals surface area (Å²) in [4.78, 5) is 0. The normalized spacial score (nSPS) is 14.8. The molecule has 6 heteroatoms. The number of hydrogen-bond donors (Lipinski definition) is 0. The van der Waals surface area contributed by atoms with E-state index in [1.165, 1.54) is 13.8 Å². The van der Waals surface area contributed by atoms with Crippen molar-refractivity contribution in [3.05, 3.63) is 11.1 Å². The summed E-state index contributed by atoms with van der Waals surface area (Å²) in [6.07, 6.45) is 0. The molecule has 0 saturated heterocycles. The van der Waals surface area contributed by atoms with Crippen molar-refractivity contribution in [1.82, 2.24) is 0 Å². The summed E-state index contributed by atoms with van der Waals surface area (Å²) < 4.78 is 40.8. The van der Waals surface area contributed by atoms with Crippen LogP contribution in [0.3, 0.4) is 0 Å². The van der Waals surface area contributed by atoms with Crippen LogP contribution >= 0.6 is 7.59 Å². The van der Waals surface area contributed by atoms with E-state index in [1.54, 1.807) is 0 Å². The van der Waals surface area contributed by atoms with Gasteiger partial charge in [0.05, 0.1) is 0 Å². The Bertz CT molecular complexity index is 211. The van der Waals surface area contributed by atoms with Gasteiger partial charge in [0.15, 0.2) is 0 Å². The third-order valence-electron chi connectivity index (χ3n) is 1.66. The van der Waals surface area contributed by atoms with Crippen LogP contribution in [-0.2, 0) is 13.6 Å². The molecule has 0 aromatic carbocycles. The first-order valence-electron chi connectivity index (χ1n) is 3.60. The molecule has 80 valence electrons. The zero-order chi connectivity index (χ0) is 10.7. The number of hydrogen-bond acceptors (Lipinski definition) is 3. The van der Waals surface area contributed by atoms with Gasteiger partial charge in [-0.1, -0.05) is 0 Å². The summed E-state index contributed by atoms with van der Waals surface area (Å²) in [6, 6.07) is 0. The third-order valence-corrected chi connectivity index (χ3v) is 4.59. The second-order valence-corrected chi connectivity index (χ2v) is 5.69. The van der Waals surface area contributed by atoms with Crippen LogP contribution in [0.4, 0.5) is 8.59 Å². The predicted molar refractivity (Wildman–Crippen MR) is 48.5 cm³/mol. The maximum atomic E-state index is 14.0. The van der Waals surface area contributed by atoms with E-state index >= 15 is 0 Å². The van der Waals surface area contributed by atoms with Crippen LogP contribution in [0, 0.1) is 0 Å². The molecule has 13 heavy (non-hydrogen) atoms. The number of rotatable bonds is 4. The van der Waals surface area contributed by atoms with Gasteiger partial charge in [-0.15, -0.1) is 0 Å². The van der Waals surface area contributed by atoms with Crippen LogP contribution in [0.25, 0.3) is 0 Å². The zero-order valence-corrected chi connectivity index (χ0v) is 9.32. The first-order chi connectivity index (χ1) is 5.84. The van der Waals surface area contributed by atoms with Gasteiger partial charge in [0.2, 0.25) is 0 Å². The fraction of sp³-hybridized carbons (Fsp3) is 0.714. The zero-order valence-electron chi connectivity index (χ0n) is 8.43. The van der Waals surface area contributed by atoms with Gasteiger partial charge in [0, 0.05) is 0 Å². The van der Waals surface area contributed by atoms with Gasteiger partial charge < -0.3 is 0 Å². The monoisotopic (exact) mass is 216 g/mol. The molecule has 0 aromatic heterocycles. The number of allylic oxidation sites excluding steroid dienone is 1. The van der Waals surface area contributed by atoms with E-state index < -0.39 is 13.2 Å². The Morgan fingerprint density at radius 3 is 1.38 bits per heavy atom. The van der Waals surface area contributed by atoms with E-state index in [2.05, 4.69) is 13.6 Å². The molecule has 0 aliphatic carbocycles. The Labute approximate surface area is 77.0 Å². The Kier molecular flexibility index (Phi) is 3.94. The third kappa shape index (κ3) is 2.05. The van der Waals surface area contributed by atoms with E-state index in [9.17, 15) is 8.59 Å². The van der Waals surface area contributed by atoms with Gasteiger partial charge in [0.1, 0.15) is 0 Å². The van der Waals surface area contributed by atoms with Gasteiger partial charge in [-0.25, -0.2) is 0 Å². The molecule has 0 amide bonds. The summed E-state index contributed by atoms with van der Waals surface area (Å²) >= 11 is 0. The fourth-order valence-corrected chi connectivity index (χ4v) is 2.47. The summed E-state index contributed by atoms with van der Waals surface area (Å²) in [5, 5.41) is 0. The molecule has 0 rings (SSSR count). The van der Waals surface area contributed by atoms with E-state index in [4.69, 9.17) is 0 Å². The molecule has 0 unspecified atom stereocenters. The van der Waals surface area contributed by atoms with Crippen molar-refractivity contribution in [1.29, 1.82) is 0 Å². The molecule has 0 aliphatic rings. The molecule has 0 atom stereocenters. The van der Waals surface area contributed by atoms with Gasteiger partial charge in [-0.3, -0.25) is 0 Å². The minimum atomic E-state index is -5.14. The molecule has 0 aliphatic heterocycles. The predicted octanol–water partition coefficient (Wildman–Crippen LogP) is 3.33. The Balaban J connectivity index is 5.37. The molecule has 0 fully saturated rings. The van der Waals surface area contributed by atoms with E-state index in [1.807, 2.05) is 0 Å². The molecule has 3 nitrogen and oxygen atoms in total. The molecular weight excluding hydrogens is 201 g/mol. The summed E-state index contributed by atoms with van der Waals surface area (Å²) in [7, 11) is -2.12. The number of halogens is 2. The maximum absolute atomic E-state index is 14.0. The molecule has 0 heterocycles. The fourth-order valence-electron chi connectivity index (χ4n) is 0.822. The van der Waals surface area contributed by atoms with Crippen molar-refractivity contribution in [2.45, 2.75) is 13.8 Å². The average Bonchev–Trinajstić information content (AvgIpc) is 2.16. The molecule has 0 saturated carbocycles. The SMILES string of the molecule is COP(F)(OC)(OC)C(F)=C(C)C. The second kappa shape index (κ2) is 3.96. The minimum absolute atomic E-state index is 0.130. The first kappa shape index (κ1) is 12.9. The van der Waals surface area contributed by atoms with E-state index in [-0.39, 0.29) is 5.57 Å². The molecule has 0 bridgehead atoms. The first-order valence-corrected chi connectivity index (χ1v) is 5.48. The van der Waals surface area contributed by atoms with Crippen molar-refractivity contribution in [2.24, 2.45) is 0 Å². The molecule has 0 aromatic rings. The second-order valence-electron chi connectivity index (χ2n) is 2.63. The van der Waals surface area contributed by atoms with Crippen LogP contribution in [-0.4, -0.2) is 21.3 Å². The van der Waals surface area contributed by atoms with Gasteiger partial charge in [0.25, 0.3) is 0 Å². The molecule has 0 spiro atoms. The Hall–Kier alpha value is -0.0900. The van der Waals surface area contributed by atoms with Gasteiger partial charge in [-0.05, 0) is 0 Å². The van der Waals surface area contributed by atoms with Crippen molar-refractivity contribution >= 4 is 7.59 Å². The summed E-state index contributed by atoms with van der Waals surface area (Å²) in [5.74, 6) is 0. The van der Waals surface area contributed by atoms with Crippen LogP contribution < -0.4 is 0 Å². The van der Waals surface area contributed by atoms with E-state index in [0.29, 0.717) is 0 Å². The van der Waals surface area contributed by atoms with Crippen LogP contribution in [0.5, 0.6) is 0 Å². The van der Waals surface area contributed by atoms with Crippen molar-refractivity contribution in [3.8, 4) is 0 Å². The Morgan fingerprint density at radius 1 is 1.00 bits per heavy atom. The van der Waals surface area contributed by atoms with E-state index in [0.717, 1.165) is 21.3 Å². The van der Waals surface area contributed by atoms with Crippen molar-refractivity contribution < 1.29 is 22.2 Å². The molecule has 0 radical (unpaired) electrons. The van der Waals surface area contributed by atoms with Gasteiger partial charge >= 0.3 is 76.1 Å². The van der Waals surface area contributed by atoms with Crippen LogP contribution in [0.15, 0.2) is 11.1 Å². The molecule has 0 N–H and O–H groups in total. The topological polar surface area (TPSA) is 27.7 Å². The van der Waals surface area contributed by atoms with Gasteiger partial charge in [-0.2, -0.15) is 0 Å². The quantitative estimate of drug-likeness (QED) is 0.674. The van der Waals surface area contributed by atoms with Crippen LogP contribution in [0.1, 0.15) is 13.8 Å². The average molecular weight is 216 g/mol. The standard InChI is InChI=1S/C7H15F2O3P/c1-6(2)7(8)13(9,10-3,11-4)12-5/h1-5H3. The van der Waals surface area contributed by atoms with Crippen molar-refractivity contribution in [3.63, 3.8) is 0 Å². The summed E-state index contributed by atoms with van der Waals surface area (Å²) in [6.45, 7) is 2.82.